The second kappa shape index (κ2) is 24.8. The smallest absolute Gasteiger partial charge is 0.119 e. The molecule has 0 heterocycles. The van der Waals surface area contributed by atoms with E-state index < -0.39 is 0 Å². The van der Waals surface area contributed by atoms with E-state index in [1.807, 2.05) is 0 Å². The van der Waals surface area contributed by atoms with Crippen molar-refractivity contribution in [2.45, 2.75) is 205 Å². The van der Waals surface area contributed by atoms with E-state index in [-0.39, 0.29) is 0 Å². The molecule has 4 saturated carbocycles. The molecule has 0 N–H and O–H groups in total. The minimum absolute atomic E-state index is 0.753. The van der Waals surface area contributed by atoms with Gasteiger partial charge in [-0.2, -0.15) is 0 Å². The fourth-order valence-electron chi connectivity index (χ4n) is 12.5. The molecule has 0 radical (unpaired) electrons. The van der Waals surface area contributed by atoms with Crippen molar-refractivity contribution in [3.05, 3.63) is 95.1 Å². The van der Waals surface area contributed by atoms with Crippen LogP contribution in [-0.2, 0) is 12.8 Å². The Kier molecular flexibility index (Phi) is 18.7. The van der Waals surface area contributed by atoms with Gasteiger partial charge in [-0.05, 0) is 209 Å². The Morgan fingerprint density at radius 3 is 1.13 bits per heavy atom. The van der Waals surface area contributed by atoms with E-state index in [2.05, 4.69) is 86.6 Å². The third-order valence-electron chi connectivity index (χ3n) is 16.6. The highest BCUT2D eigenvalue weighted by Crippen LogP contribution is 2.46. The molecule has 0 aliphatic heterocycles. The minimum Gasteiger partial charge on any atom is -0.494 e. The summed E-state index contributed by atoms with van der Waals surface area (Å²) in [5.41, 5.74) is 6.29. The van der Waals surface area contributed by atoms with Crippen LogP contribution in [0.1, 0.15) is 215 Å². The first kappa shape index (κ1) is 45.3. The summed E-state index contributed by atoms with van der Waals surface area (Å²) in [6, 6.07) is 28.1. The second-order valence-electron chi connectivity index (χ2n) is 20.6. The van der Waals surface area contributed by atoms with Crippen molar-refractivity contribution in [1.29, 1.82) is 0 Å². The number of rotatable bonds is 22. The molecule has 60 heavy (non-hydrogen) atoms. The molecule has 4 aliphatic rings. The highest BCUT2D eigenvalue weighted by atomic mass is 16.5. The van der Waals surface area contributed by atoms with Crippen LogP contribution in [0, 0.1) is 35.5 Å². The molecule has 330 valence electrons. The van der Waals surface area contributed by atoms with E-state index in [0.717, 1.165) is 72.1 Å². The zero-order chi connectivity index (χ0) is 41.2. The molecule has 7 rings (SSSR count). The Morgan fingerprint density at radius 2 is 0.767 bits per heavy atom. The maximum atomic E-state index is 6.02. The molecular formula is C58H86O2. The monoisotopic (exact) mass is 815 g/mol. The zero-order valence-electron chi connectivity index (χ0n) is 38.6. The first-order valence-electron chi connectivity index (χ1n) is 26.2. The number of benzene rings is 3. The lowest BCUT2D eigenvalue weighted by atomic mass is 9.68. The quantitative estimate of drug-likeness (QED) is 0.0941. The molecule has 0 unspecified atom stereocenters. The highest BCUT2D eigenvalue weighted by molar-refractivity contribution is 5.31. The Bertz CT molecular complexity index is 1460. The molecule has 3 aromatic rings. The highest BCUT2D eigenvalue weighted by Gasteiger charge is 2.33. The van der Waals surface area contributed by atoms with Crippen molar-refractivity contribution in [2.75, 3.05) is 13.2 Å². The molecule has 0 spiro atoms. The molecule has 0 bridgehead atoms. The Morgan fingerprint density at radius 1 is 0.400 bits per heavy atom. The van der Waals surface area contributed by atoms with E-state index >= 15 is 0 Å². The van der Waals surface area contributed by atoms with Gasteiger partial charge in [0.25, 0.3) is 0 Å². The summed E-state index contributed by atoms with van der Waals surface area (Å²) < 4.78 is 12.0. The number of hydrogen-bond acceptors (Lipinski definition) is 2. The molecule has 3 aromatic carbocycles. The number of aryl methyl sites for hydroxylation is 2. The standard InChI is InChI=1S/C58H86O2/c1-3-5-7-9-42-59-57-38-34-55(35-39-57)53-30-26-51(27-31-53)49-22-18-45(19-23-49)14-16-47-12-11-13-48(44-47)17-15-46-20-24-50(25-21-46)52-28-32-54(33-29-52)56-36-40-58(41-37-56)60-43-10-8-6-4-2/h11-13,34-41,44-46,49-54H,3-10,14-33,42-43H2,1-2H3. The lowest BCUT2D eigenvalue weighted by molar-refractivity contribution is 0.157. The van der Waals surface area contributed by atoms with Gasteiger partial charge in [0.1, 0.15) is 11.5 Å². The largest absolute Gasteiger partial charge is 0.494 e. The number of hydrogen-bond donors (Lipinski definition) is 0. The van der Waals surface area contributed by atoms with Crippen molar-refractivity contribution in [3.8, 4) is 11.5 Å². The topological polar surface area (TPSA) is 18.5 Å². The fraction of sp³-hybridized carbons (Fsp3) is 0.690. The van der Waals surface area contributed by atoms with Gasteiger partial charge in [-0.15, -0.1) is 0 Å². The van der Waals surface area contributed by atoms with Crippen LogP contribution in [0.2, 0.25) is 0 Å². The number of ether oxygens (including phenoxy) is 2. The van der Waals surface area contributed by atoms with Crippen LogP contribution in [0.15, 0.2) is 72.8 Å². The average molecular weight is 815 g/mol. The SMILES string of the molecule is CCCCCCOc1ccc(C2CCC(C3CCC(CCc4cccc(CCC5CCC(C6CCC(c7ccc(OCCCCCC)cc7)CC6)CC5)c4)CC3)CC2)cc1. The van der Waals surface area contributed by atoms with Gasteiger partial charge < -0.3 is 9.47 Å². The molecule has 2 heteroatoms. The van der Waals surface area contributed by atoms with Gasteiger partial charge in [0.2, 0.25) is 0 Å². The molecule has 0 saturated heterocycles. The fourth-order valence-corrected chi connectivity index (χ4v) is 12.5. The Labute approximate surface area is 368 Å². The van der Waals surface area contributed by atoms with Crippen LogP contribution < -0.4 is 9.47 Å². The van der Waals surface area contributed by atoms with Gasteiger partial charge in [-0.3, -0.25) is 0 Å². The van der Waals surface area contributed by atoms with E-state index in [9.17, 15) is 0 Å². The van der Waals surface area contributed by atoms with E-state index in [1.54, 1.807) is 22.3 Å². The second-order valence-corrected chi connectivity index (χ2v) is 20.6. The average Bonchev–Trinajstić information content (AvgIpc) is 3.31. The maximum absolute atomic E-state index is 6.02. The summed E-state index contributed by atoms with van der Waals surface area (Å²) in [6.07, 6.45) is 38.6. The molecular weight excluding hydrogens is 729 g/mol. The molecule has 0 amide bonds. The normalized spacial score (nSPS) is 27.4. The zero-order valence-corrected chi connectivity index (χ0v) is 38.6. The summed E-state index contributed by atoms with van der Waals surface area (Å²) in [4.78, 5) is 0. The van der Waals surface area contributed by atoms with Crippen molar-refractivity contribution in [3.63, 3.8) is 0 Å². The first-order valence-corrected chi connectivity index (χ1v) is 26.2. The minimum atomic E-state index is 0.753. The summed E-state index contributed by atoms with van der Waals surface area (Å²) in [6.45, 7) is 6.25. The summed E-state index contributed by atoms with van der Waals surface area (Å²) in [5, 5.41) is 0. The van der Waals surface area contributed by atoms with Crippen molar-refractivity contribution >= 4 is 0 Å². The van der Waals surface area contributed by atoms with Gasteiger partial charge in [0, 0.05) is 0 Å². The van der Waals surface area contributed by atoms with Gasteiger partial charge in [-0.1, -0.05) is 127 Å². The predicted molar refractivity (Wildman–Crippen MR) is 256 cm³/mol. The molecule has 0 atom stereocenters. The van der Waals surface area contributed by atoms with Crippen LogP contribution in [0.4, 0.5) is 0 Å². The third kappa shape index (κ3) is 14.1. The third-order valence-corrected chi connectivity index (χ3v) is 16.6. The number of unbranched alkanes of at least 4 members (excludes halogenated alkanes) is 6. The van der Waals surface area contributed by atoms with Gasteiger partial charge in [-0.25, -0.2) is 0 Å². The van der Waals surface area contributed by atoms with Crippen molar-refractivity contribution < 1.29 is 9.47 Å². The summed E-state index contributed by atoms with van der Waals surface area (Å²) in [7, 11) is 0. The van der Waals surface area contributed by atoms with E-state index in [1.165, 1.54) is 180 Å². The molecule has 4 aliphatic carbocycles. The lowest BCUT2D eigenvalue weighted by Gasteiger charge is -2.38. The predicted octanol–water partition coefficient (Wildman–Crippen LogP) is 17.0. The Balaban J connectivity index is 0.733. The van der Waals surface area contributed by atoms with E-state index in [0.29, 0.717) is 0 Å². The van der Waals surface area contributed by atoms with Crippen LogP contribution in [0.3, 0.4) is 0 Å². The van der Waals surface area contributed by atoms with Gasteiger partial charge >= 0.3 is 0 Å². The van der Waals surface area contributed by atoms with Crippen LogP contribution >= 0.6 is 0 Å². The van der Waals surface area contributed by atoms with Crippen molar-refractivity contribution in [1.82, 2.24) is 0 Å². The van der Waals surface area contributed by atoms with Crippen LogP contribution in [0.25, 0.3) is 0 Å². The summed E-state index contributed by atoms with van der Waals surface area (Å²) in [5.74, 6) is 9.41. The molecule has 4 fully saturated rings. The molecule has 0 aromatic heterocycles. The maximum Gasteiger partial charge on any atom is 0.119 e. The Hall–Kier alpha value is -2.74. The lowest BCUT2D eigenvalue weighted by Crippen LogP contribution is -2.25. The first-order chi connectivity index (χ1) is 29.6. The van der Waals surface area contributed by atoms with Gasteiger partial charge in [0.05, 0.1) is 13.2 Å². The molecule has 2 nitrogen and oxygen atoms in total. The summed E-state index contributed by atoms with van der Waals surface area (Å²) >= 11 is 0. The van der Waals surface area contributed by atoms with Crippen molar-refractivity contribution in [2.24, 2.45) is 35.5 Å². The van der Waals surface area contributed by atoms with Gasteiger partial charge in [0.15, 0.2) is 0 Å². The van der Waals surface area contributed by atoms with Crippen LogP contribution in [0.5, 0.6) is 11.5 Å². The van der Waals surface area contributed by atoms with E-state index in [4.69, 9.17) is 9.47 Å². The van der Waals surface area contributed by atoms with Crippen LogP contribution in [-0.4, -0.2) is 13.2 Å².